The molecule has 160 valence electrons. The number of carbonyl (C=O) groups is 1. The summed E-state index contributed by atoms with van der Waals surface area (Å²) in [6.07, 6.45) is 1.91. The van der Waals surface area contributed by atoms with Crippen molar-refractivity contribution in [3.05, 3.63) is 88.7 Å². The number of aromatic amines is 1. The molecule has 5 rings (SSSR count). The van der Waals surface area contributed by atoms with Crippen LogP contribution in [0.2, 0.25) is 0 Å². The number of imidazole rings is 1. The van der Waals surface area contributed by atoms with Gasteiger partial charge in [-0.25, -0.2) is 13.8 Å². The third-order valence-corrected chi connectivity index (χ3v) is 6.32. The van der Waals surface area contributed by atoms with Crippen LogP contribution in [0, 0.1) is 18.6 Å². The summed E-state index contributed by atoms with van der Waals surface area (Å²) in [7, 11) is 0. The van der Waals surface area contributed by atoms with E-state index in [1.807, 2.05) is 17.5 Å². The molecule has 2 aromatic carbocycles. The van der Waals surface area contributed by atoms with Gasteiger partial charge in [-0.15, -0.1) is 0 Å². The van der Waals surface area contributed by atoms with Crippen molar-refractivity contribution < 1.29 is 13.6 Å². The minimum absolute atomic E-state index is 0.286. The third-order valence-electron chi connectivity index (χ3n) is 5.16. The van der Waals surface area contributed by atoms with Gasteiger partial charge in [-0.05, 0) is 61.5 Å². The molecular weight excluding hydrogens is 432 g/mol. The first-order valence-corrected chi connectivity index (χ1v) is 10.6. The zero-order valence-electron chi connectivity index (χ0n) is 16.9. The molecule has 0 spiro atoms. The number of hydrogen-bond donors (Lipinski definition) is 2. The van der Waals surface area contributed by atoms with Crippen molar-refractivity contribution in [3.63, 3.8) is 0 Å². The first-order valence-electron chi connectivity index (χ1n) is 9.81. The first kappa shape index (κ1) is 20.1. The van der Waals surface area contributed by atoms with Crippen LogP contribution in [-0.4, -0.2) is 25.5 Å². The molecule has 0 bridgehead atoms. The molecule has 0 aliphatic heterocycles. The highest BCUT2D eigenvalue weighted by Crippen LogP contribution is 2.27. The Morgan fingerprint density at radius 1 is 1.03 bits per heavy atom. The molecule has 2 N–H and O–H groups in total. The third kappa shape index (κ3) is 3.78. The molecule has 6 nitrogen and oxygen atoms in total. The number of aromatic nitrogens is 4. The van der Waals surface area contributed by atoms with Gasteiger partial charge < -0.3 is 5.32 Å². The average molecular weight is 449 g/mol. The Labute approximate surface area is 185 Å². The number of carbonyl (C=O) groups excluding carboxylic acids is 1. The summed E-state index contributed by atoms with van der Waals surface area (Å²) < 4.78 is 28.2. The smallest absolute Gasteiger partial charge is 0.269 e. The van der Waals surface area contributed by atoms with E-state index >= 15 is 0 Å². The largest absolute Gasteiger partial charge is 0.346 e. The number of thiazole rings is 1. The van der Waals surface area contributed by atoms with E-state index in [2.05, 4.69) is 20.5 Å². The maximum absolute atomic E-state index is 13.2. The second kappa shape index (κ2) is 8.01. The summed E-state index contributed by atoms with van der Waals surface area (Å²) in [5.74, 6) is -0.904. The van der Waals surface area contributed by atoms with Gasteiger partial charge in [0.05, 0.1) is 17.9 Å². The number of nitrogens with one attached hydrogen (secondary N) is 2. The Kier molecular flexibility index (Phi) is 5.02. The molecule has 0 aliphatic rings. The fourth-order valence-electron chi connectivity index (χ4n) is 3.38. The van der Waals surface area contributed by atoms with Gasteiger partial charge in [0.1, 0.15) is 17.3 Å². The Hall–Kier alpha value is -3.85. The van der Waals surface area contributed by atoms with Crippen LogP contribution in [0.4, 0.5) is 8.78 Å². The summed E-state index contributed by atoms with van der Waals surface area (Å²) in [6, 6.07) is 13.8. The molecule has 0 saturated carbocycles. The van der Waals surface area contributed by atoms with Crippen molar-refractivity contribution in [1.82, 2.24) is 24.9 Å². The Morgan fingerprint density at radius 2 is 1.66 bits per heavy atom. The second-order valence-corrected chi connectivity index (χ2v) is 8.31. The number of H-pyrrole nitrogens is 1. The first-order chi connectivity index (χ1) is 15.5. The van der Waals surface area contributed by atoms with E-state index in [9.17, 15) is 13.6 Å². The monoisotopic (exact) mass is 449 g/mol. The standard InChI is InChI=1S/C23H17F2N5OS/c1-13-21(32-23-27-20(12-30(13)23)15-4-8-17(25)9-5-15)11-26-22(31)19-10-18(28-29-19)14-2-6-16(24)7-3-14/h2-10,12H,11H2,1H3,(H,26,31)(H,28,29). The fraction of sp³-hybridized carbons (Fsp3) is 0.0870. The Morgan fingerprint density at radius 3 is 2.28 bits per heavy atom. The Bertz CT molecular complexity index is 1420. The summed E-state index contributed by atoms with van der Waals surface area (Å²) in [6.45, 7) is 2.30. The van der Waals surface area contributed by atoms with E-state index in [0.29, 0.717) is 23.5 Å². The normalized spacial score (nSPS) is 11.2. The van der Waals surface area contributed by atoms with Crippen molar-refractivity contribution in [2.75, 3.05) is 0 Å². The molecule has 0 fully saturated rings. The number of fused-ring (bicyclic) bond motifs is 1. The van der Waals surface area contributed by atoms with Crippen LogP contribution in [0.25, 0.3) is 27.5 Å². The molecular formula is C23H17F2N5OS. The maximum Gasteiger partial charge on any atom is 0.269 e. The highest BCUT2D eigenvalue weighted by atomic mass is 32.1. The predicted molar refractivity (Wildman–Crippen MR) is 118 cm³/mol. The lowest BCUT2D eigenvalue weighted by molar-refractivity contribution is 0.0946. The topological polar surface area (TPSA) is 75.1 Å². The van der Waals surface area contributed by atoms with Gasteiger partial charge in [0.25, 0.3) is 5.91 Å². The number of amides is 1. The van der Waals surface area contributed by atoms with Gasteiger partial charge >= 0.3 is 0 Å². The molecule has 0 saturated heterocycles. The van der Waals surface area contributed by atoms with Crippen LogP contribution in [0.1, 0.15) is 21.1 Å². The number of rotatable bonds is 5. The molecule has 0 unspecified atom stereocenters. The number of hydrogen-bond acceptors (Lipinski definition) is 4. The zero-order valence-corrected chi connectivity index (χ0v) is 17.7. The van der Waals surface area contributed by atoms with Crippen LogP contribution in [0.15, 0.2) is 60.8 Å². The number of nitrogens with zero attached hydrogens (tertiary/aromatic N) is 3. The zero-order chi connectivity index (χ0) is 22.2. The van der Waals surface area contributed by atoms with Gasteiger partial charge in [0.2, 0.25) is 0 Å². The van der Waals surface area contributed by atoms with Crippen LogP contribution in [-0.2, 0) is 6.54 Å². The van der Waals surface area contributed by atoms with E-state index in [4.69, 9.17) is 0 Å². The van der Waals surface area contributed by atoms with Crippen LogP contribution < -0.4 is 5.32 Å². The Balaban J connectivity index is 1.29. The summed E-state index contributed by atoms with van der Waals surface area (Å²) in [5, 5.41) is 9.75. The lowest BCUT2D eigenvalue weighted by Crippen LogP contribution is -2.23. The quantitative estimate of drug-likeness (QED) is 0.398. The van der Waals surface area contributed by atoms with Gasteiger partial charge in [-0.1, -0.05) is 11.3 Å². The lowest BCUT2D eigenvalue weighted by atomic mass is 10.1. The fourth-order valence-corrected chi connectivity index (χ4v) is 4.42. The number of benzene rings is 2. The van der Waals surface area contributed by atoms with E-state index in [1.54, 1.807) is 30.3 Å². The summed E-state index contributed by atoms with van der Waals surface area (Å²) >= 11 is 1.48. The van der Waals surface area contributed by atoms with Gasteiger partial charge in [0, 0.05) is 27.9 Å². The predicted octanol–water partition coefficient (Wildman–Crippen LogP) is 4.97. The van der Waals surface area contributed by atoms with Gasteiger partial charge in [-0.3, -0.25) is 14.3 Å². The summed E-state index contributed by atoms with van der Waals surface area (Å²) in [4.78, 5) is 19.0. The van der Waals surface area contributed by atoms with Crippen LogP contribution in [0.5, 0.6) is 0 Å². The van der Waals surface area contributed by atoms with E-state index in [-0.39, 0.29) is 17.5 Å². The van der Waals surface area contributed by atoms with E-state index in [0.717, 1.165) is 26.8 Å². The molecule has 0 radical (unpaired) electrons. The van der Waals surface area contributed by atoms with E-state index in [1.165, 1.54) is 35.6 Å². The van der Waals surface area contributed by atoms with Crippen molar-refractivity contribution in [2.24, 2.45) is 0 Å². The van der Waals surface area contributed by atoms with E-state index < -0.39 is 0 Å². The van der Waals surface area contributed by atoms with Crippen molar-refractivity contribution >= 4 is 22.2 Å². The van der Waals surface area contributed by atoms with Crippen molar-refractivity contribution in [2.45, 2.75) is 13.5 Å². The molecule has 5 aromatic rings. The molecule has 9 heteroatoms. The van der Waals surface area contributed by atoms with Gasteiger partial charge in [0.15, 0.2) is 4.96 Å². The van der Waals surface area contributed by atoms with Crippen LogP contribution >= 0.6 is 11.3 Å². The molecule has 3 aromatic heterocycles. The minimum atomic E-state index is -0.329. The lowest BCUT2D eigenvalue weighted by Gasteiger charge is -2.02. The highest BCUT2D eigenvalue weighted by molar-refractivity contribution is 7.17. The minimum Gasteiger partial charge on any atom is -0.346 e. The molecule has 1 amide bonds. The second-order valence-electron chi connectivity index (χ2n) is 7.25. The molecule has 3 heterocycles. The summed E-state index contributed by atoms with van der Waals surface area (Å²) in [5.41, 5.74) is 4.18. The van der Waals surface area contributed by atoms with Crippen LogP contribution in [0.3, 0.4) is 0 Å². The maximum atomic E-state index is 13.2. The molecule has 0 aliphatic carbocycles. The van der Waals surface area contributed by atoms with Crippen molar-refractivity contribution in [1.29, 1.82) is 0 Å². The van der Waals surface area contributed by atoms with Crippen molar-refractivity contribution in [3.8, 4) is 22.5 Å². The molecule has 0 atom stereocenters. The van der Waals surface area contributed by atoms with Gasteiger partial charge in [-0.2, -0.15) is 5.10 Å². The highest BCUT2D eigenvalue weighted by Gasteiger charge is 2.15. The SMILES string of the molecule is Cc1c(CNC(=O)c2cc(-c3ccc(F)cc3)n[nH]2)sc2nc(-c3ccc(F)cc3)cn12. The number of aryl methyl sites for hydroxylation is 1. The molecule has 32 heavy (non-hydrogen) atoms. The average Bonchev–Trinajstić information content (AvgIpc) is 3.50. The number of halogens is 2.